The van der Waals surface area contributed by atoms with Gasteiger partial charge in [0.05, 0.1) is 23.0 Å². The molecule has 4 rings (SSSR count). The summed E-state index contributed by atoms with van der Waals surface area (Å²) in [5.74, 6) is 2.19. The van der Waals surface area contributed by atoms with E-state index in [1.807, 2.05) is 66.2 Å². The normalized spacial score (nSPS) is 14.6. The molecule has 0 spiro atoms. The van der Waals surface area contributed by atoms with Gasteiger partial charge in [-0.1, -0.05) is 55.6 Å². The molecule has 1 atom stereocenters. The number of aromatic nitrogens is 2. The van der Waals surface area contributed by atoms with Gasteiger partial charge in [-0.3, -0.25) is 4.90 Å². The highest BCUT2D eigenvalue weighted by molar-refractivity contribution is 6.30. The molecule has 6 heteroatoms. The fourth-order valence-corrected chi connectivity index (χ4v) is 4.31. The zero-order valence-corrected chi connectivity index (χ0v) is 20.3. The Kier molecular flexibility index (Phi) is 8.07. The number of aliphatic hydroxyl groups excluding tert-OH is 1. The third kappa shape index (κ3) is 6.59. The average molecular weight is 468 g/mol. The molecule has 2 aromatic carbocycles. The molecular weight excluding hydrogens is 434 g/mol. The number of para-hydroxylation sites is 1. The zero-order chi connectivity index (χ0) is 23.2. The molecule has 0 unspecified atom stereocenters. The van der Waals surface area contributed by atoms with Crippen molar-refractivity contribution in [1.82, 2.24) is 14.7 Å². The molecule has 1 saturated carbocycles. The third-order valence-electron chi connectivity index (χ3n) is 6.10. The van der Waals surface area contributed by atoms with Crippen LogP contribution in [0.1, 0.15) is 50.3 Å². The Morgan fingerprint density at radius 1 is 1.18 bits per heavy atom. The van der Waals surface area contributed by atoms with Crippen molar-refractivity contribution in [2.24, 2.45) is 5.92 Å². The number of ether oxygens (including phenoxy) is 1. The lowest BCUT2D eigenvalue weighted by Gasteiger charge is -2.25. The van der Waals surface area contributed by atoms with E-state index in [0.717, 1.165) is 54.4 Å². The van der Waals surface area contributed by atoms with E-state index in [1.165, 1.54) is 12.8 Å². The first-order chi connectivity index (χ1) is 16.0. The highest BCUT2D eigenvalue weighted by atomic mass is 35.5. The summed E-state index contributed by atoms with van der Waals surface area (Å²) in [7, 11) is 0. The van der Waals surface area contributed by atoms with Gasteiger partial charge in [-0.25, -0.2) is 4.68 Å². The largest absolute Gasteiger partial charge is 0.439 e. The van der Waals surface area contributed by atoms with Crippen molar-refractivity contribution in [3.8, 4) is 17.3 Å². The van der Waals surface area contributed by atoms with Crippen molar-refractivity contribution in [2.75, 3.05) is 13.1 Å². The first kappa shape index (κ1) is 23.8. The van der Waals surface area contributed by atoms with Crippen LogP contribution in [0.3, 0.4) is 0 Å². The van der Waals surface area contributed by atoms with E-state index in [1.54, 1.807) is 0 Å². The number of nitrogens with zero attached hydrogens (tertiary/aromatic N) is 3. The maximum Gasteiger partial charge on any atom is 0.227 e. The minimum absolute atomic E-state index is 0.314. The number of aliphatic hydroxyl groups is 1. The summed E-state index contributed by atoms with van der Waals surface area (Å²) < 4.78 is 8.25. The van der Waals surface area contributed by atoms with Gasteiger partial charge in [-0.15, -0.1) is 0 Å². The van der Waals surface area contributed by atoms with Crippen molar-refractivity contribution in [3.05, 3.63) is 70.9 Å². The number of hydrogen-bond donors (Lipinski definition) is 1. The molecule has 1 fully saturated rings. The molecule has 0 bridgehead atoms. The Labute approximate surface area is 201 Å². The van der Waals surface area contributed by atoms with Crippen LogP contribution in [-0.4, -0.2) is 39.0 Å². The number of hydrogen-bond acceptors (Lipinski definition) is 4. The second-order valence-corrected chi connectivity index (χ2v) is 9.55. The van der Waals surface area contributed by atoms with Gasteiger partial charge in [0.2, 0.25) is 5.88 Å². The predicted octanol–water partition coefficient (Wildman–Crippen LogP) is 6.39. The fraction of sp³-hybridized carbons (Fsp3) is 0.444. The van der Waals surface area contributed by atoms with Gasteiger partial charge in [0.25, 0.3) is 0 Å². The fourth-order valence-electron chi connectivity index (χ4n) is 4.13. The molecule has 1 aliphatic rings. The van der Waals surface area contributed by atoms with E-state index >= 15 is 0 Å². The van der Waals surface area contributed by atoms with Crippen molar-refractivity contribution in [1.29, 1.82) is 0 Å². The van der Waals surface area contributed by atoms with Crippen molar-refractivity contribution in [2.45, 2.75) is 58.6 Å². The first-order valence-electron chi connectivity index (χ1n) is 12.0. The summed E-state index contributed by atoms with van der Waals surface area (Å²) in [5, 5.41) is 16.1. The van der Waals surface area contributed by atoms with E-state index < -0.39 is 0 Å². The number of benzene rings is 2. The lowest BCUT2D eigenvalue weighted by atomic mass is 10.1. The number of rotatable bonds is 12. The van der Waals surface area contributed by atoms with Gasteiger partial charge in [-0.2, -0.15) is 5.10 Å². The number of halogens is 1. The molecule has 1 aromatic heterocycles. The molecule has 0 radical (unpaired) electrons. The molecule has 0 aliphatic heterocycles. The minimum atomic E-state index is -0.314. The van der Waals surface area contributed by atoms with Crippen LogP contribution in [0.15, 0.2) is 54.6 Å². The maximum atomic E-state index is 10.6. The quantitative estimate of drug-likeness (QED) is 0.335. The Balaban J connectivity index is 1.66. The molecule has 1 aliphatic carbocycles. The lowest BCUT2D eigenvalue weighted by Crippen LogP contribution is -2.34. The van der Waals surface area contributed by atoms with Gasteiger partial charge in [0, 0.05) is 24.7 Å². The van der Waals surface area contributed by atoms with Crippen LogP contribution in [0.2, 0.25) is 5.02 Å². The van der Waals surface area contributed by atoms with Crippen LogP contribution in [0.4, 0.5) is 0 Å². The number of unbranched alkanes of at least 4 members (excludes halogenated alkanes) is 1. The average Bonchev–Trinajstić information content (AvgIpc) is 3.57. The molecule has 5 nitrogen and oxygen atoms in total. The molecular formula is C27H34ClN3O2. The van der Waals surface area contributed by atoms with E-state index in [4.69, 9.17) is 21.4 Å². The zero-order valence-electron chi connectivity index (χ0n) is 19.6. The summed E-state index contributed by atoms with van der Waals surface area (Å²) in [6.07, 6.45) is 5.22. The Bertz CT molecular complexity index is 1030. The van der Waals surface area contributed by atoms with Crippen LogP contribution in [0.25, 0.3) is 5.69 Å². The third-order valence-corrected chi connectivity index (χ3v) is 6.34. The smallest absolute Gasteiger partial charge is 0.227 e. The summed E-state index contributed by atoms with van der Waals surface area (Å²) in [6, 6.07) is 17.5. The van der Waals surface area contributed by atoms with Gasteiger partial charge in [0.1, 0.15) is 5.75 Å². The highest BCUT2D eigenvalue weighted by Crippen LogP contribution is 2.34. The van der Waals surface area contributed by atoms with E-state index in [2.05, 4.69) is 11.8 Å². The first-order valence-corrected chi connectivity index (χ1v) is 12.4. The second kappa shape index (κ2) is 11.2. The SMILES string of the molecule is CCCC[C@@H](O)CN(Cc1c(C)nn(-c2cccc(Cl)c2)c1Oc1ccccc1)CC1CC1. The van der Waals surface area contributed by atoms with E-state index in [-0.39, 0.29) is 6.10 Å². The maximum absolute atomic E-state index is 10.6. The summed E-state index contributed by atoms with van der Waals surface area (Å²) >= 11 is 6.28. The lowest BCUT2D eigenvalue weighted by molar-refractivity contribution is 0.0965. The van der Waals surface area contributed by atoms with E-state index in [0.29, 0.717) is 24.0 Å². The topological polar surface area (TPSA) is 50.5 Å². The number of aryl methyl sites for hydroxylation is 1. The van der Waals surface area contributed by atoms with Crippen LogP contribution in [0, 0.1) is 12.8 Å². The Hall–Kier alpha value is -2.34. The van der Waals surface area contributed by atoms with Crippen molar-refractivity contribution < 1.29 is 9.84 Å². The van der Waals surface area contributed by atoms with Crippen molar-refractivity contribution in [3.63, 3.8) is 0 Å². The van der Waals surface area contributed by atoms with E-state index in [9.17, 15) is 5.11 Å². The monoisotopic (exact) mass is 467 g/mol. The predicted molar refractivity (Wildman–Crippen MR) is 133 cm³/mol. The van der Waals surface area contributed by atoms with Crippen LogP contribution >= 0.6 is 11.6 Å². The molecule has 0 saturated heterocycles. The van der Waals surface area contributed by atoms with Crippen LogP contribution in [0.5, 0.6) is 11.6 Å². The summed E-state index contributed by atoms with van der Waals surface area (Å²) in [4.78, 5) is 2.38. The molecule has 176 valence electrons. The molecule has 1 N–H and O–H groups in total. The molecule has 0 amide bonds. The summed E-state index contributed by atoms with van der Waals surface area (Å²) in [6.45, 7) is 6.54. The van der Waals surface area contributed by atoms with Gasteiger partial charge in [-0.05, 0) is 62.4 Å². The van der Waals surface area contributed by atoms with Gasteiger partial charge < -0.3 is 9.84 Å². The molecule has 3 aromatic rings. The van der Waals surface area contributed by atoms with Crippen LogP contribution in [-0.2, 0) is 6.54 Å². The van der Waals surface area contributed by atoms with Gasteiger partial charge in [0.15, 0.2) is 0 Å². The highest BCUT2D eigenvalue weighted by Gasteiger charge is 2.28. The minimum Gasteiger partial charge on any atom is -0.439 e. The molecule has 1 heterocycles. The van der Waals surface area contributed by atoms with Gasteiger partial charge >= 0.3 is 0 Å². The molecule has 33 heavy (non-hydrogen) atoms. The summed E-state index contributed by atoms with van der Waals surface area (Å²) in [5.41, 5.74) is 2.83. The Morgan fingerprint density at radius 2 is 1.97 bits per heavy atom. The second-order valence-electron chi connectivity index (χ2n) is 9.11. The standard InChI is InChI=1S/C27H34ClN3O2/c1-3-4-11-24(32)18-30(17-21-14-15-21)19-26-20(2)29-31(23-10-8-9-22(28)16-23)27(26)33-25-12-6-5-7-13-25/h5-10,12-13,16,21,24,32H,3-4,11,14-15,17-19H2,1-2H3/t24-/m1/s1. The van der Waals surface area contributed by atoms with Crippen LogP contribution < -0.4 is 4.74 Å². The van der Waals surface area contributed by atoms with Crippen molar-refractivity contribution >= 4 is 11.6 Å². The Morgan fingerprint density at radius 3 is 2.67 bits per heavy atom.